The summed E-state index contributed by atoms with van der Waals surface area (Å²) in [5.74, 6) is 0.554. The van der Waals surface area contributed by atoms with Crippen LogP contribution in [0.1, 0.15) is 36.8 Å². The van der Waals surface area contributed by atoms with Crippen LogP contribution in [0.3, 0.4) is 0 Å². The van der Waals surface area contributed by atoms with Gasteiger partial charge in [-0.15, -0.1) is 0 Å². The van der Waals surface area contributed by atoms with Crippen molar-refractivity contribution in [1.82, 2.24) is 14.9 Å². The second-order valence-electron chi connectivity index (χ2n) is 8.42. The molecule has 2 saturated heterocycles. The number of rotatable bonds is 2. The molecule has 2 aromatic heterocycles. The van der Waals surface area contributed by atoms with E-state index in [0.717, 1.165) is 41.6 Å². The summed E-state index contributed by atoms with van der Waals surface area (Å²) >= 11 is 3.45. The number of nitriles is 1. The van der Waals surface area contributed by atoms with Crippen molar-refractivity contribution in [1.29, 1.82) is 5.26 Å². The first-order chi connectivity index (χ1) is 14.6. The Kier molecular flexibility index (Phi) is 5.18. The van der Waals surface area contributed by atoms with Gasteiger partial charge >= 0.3 is 0 Å². The number of benzene rings is 1. The zero-order chi connectivity index (χ0) is 20.7. The third-order valence-electron chi connectivity index (χ3n) is 6.67. The Morgan fingerprint density at radius 2 is 2.03 bits per heavy atom. The average Bonchev–Trinajstić information content (AvgIpc) is 2.78. The van der Waals surface area contributed by atoms with Crippen LogP contribution in [0.2, 0.25) is 0 Å². The molecule has 4 heterocycles. The molecule has 5 nitrogen and oxygen atoms in total. The van der Waals surface area contributed by atoms with Gasteiger partial charge in [0.1, 0.15) is 10.7 Å². The number of anilines is 1. The van der Waals surface area contributed by atoms with Crippen LogP contribution in [0.5, 0.6) is 0 Å². The van der Waals surface area contributed by atoms with E-state index in [-0.39, 0.29) is 0 Å². The van der Waals surface area contributed by atoms with E-state index >= 15 is 0 Å². The van der Waals surface area contributed by atoms with E-state index in [0.29, 0.717) is 23.6 Å². The maximum atomic E-state index is 9.47. The SMILES string of the molecule is C[C@@H]1CN(c2ccc(C#N)c3ncccc23)C[C@H]2C[C@H](c3ccc(Br)nc3)CCN21. The molecular weight excluding hydrogens is 438 g/mol. The van der Waals surface area contributed by atoms with E-state index in [1.165, 1.54) is 17.7 Å². The Bertz CT molecular complexity index is 1110. The van der Waals surface area contributed by atoms with Gasteiger partial charge in [0, 0.05) is 48.6 Å². The van der Waals surface area contributed by atoms with Crippen molar-refractivity contribution in [2.75, 3.05) is 24.5 Å². The van der Waals surface area contributed by atoms with Crippen LogP contribution in [0.25, 0.3) is 10.9 Å². The number of piperazine rings is 1. The molecule has 3 aromatic rings. The summed E-state index contributed by atoms with van der Waals surface area (Å²) in [5, 5.41) is 10.5. The molecule has 2 aliphatic heterocycles. The van der Waals surface area contributed by atoms with Crippen molar-refractivity contribution >= 4 is 32.5 Å². The summed E-state index contributed by atoms with van der Waals surface area (Å²) in [6, 6.07) is 15.6. The van der Waals surface area contributed by atoms with Crippen LogP contribution >= 0.6 is 15.9 Å². The standard InChI is InChI=1S/C24H24BrN5/c1-16-14-29(22-6-4-18(12-26)24-21(22)3-2-9-27-24)15-20-11-17(8-10-30(16)20)19-5-7-23(25)28-13-19/h2-7,9,13,16-17,20H,8,10-11,14-15H2,1H3/t16-,17-,20-/m1/s1. The van der Waals surface area contributed by atoms with Crippen molar-refractivity contribution in [3.8, 4) is 6.07 Å². The van der Waals surface area contributed by atoms with Gasteiger partial charge in [-0.1, -0.05) is 6.07 Å². The van der Waals surface area contributed by atoms with E-state index < -0.39 is 0 Å². The Balaban J connectivity index is 1.44. The quantitative estimate of drug-likeness (QED) is 0.516. The fraction of sp³-hybridized carbons (Fsp3) is 0.375. The maximum absolute atomic E-state index is 9.47. The van der Waals surface area contributed by atoms with Gasteiger partial charge in [-0.25, -0.2) is 4.98 Å². The van der Waals surface area contributed by atoms with E-state index in [1.54, 1.807) is 6.20 Å². The van der Waals surface area contributed by atoms with Gasteiger partial charge in [-0.2, -0.15) is 5.26 Å². The molecule has 3 atom stereocenters. The minimum Gasteiger partial charge on any atom is -0.368 e. The van der Waals surface area contributed by atoms with Crippen LogP contribution in [-0.4, -0.2) is 46.6 Å². The van der Waals surface area contributed by atoms with Crippen molar-refractivity contribution in [3.05, 3.63) is 64.5 Å². The Labute approximate surface area is 185 Å². The summed E-state index contributed by atoms with van der Waals surface area (Å²) in [4.78, 5) is 14.1. The lowest BCUT2D eigenvalue weighted by Gasteiger charge is -2.50. The second-order valence-corrected chi connectivity index (χ2v) is 9.24. The molecule has 2 fully saturated rings. The van der Waals surface area contributed by atoms with E-state index in [2.05, 4.69) is 66.9 Å². The lowest BCUT2D eigenvalue weighted by molar-refractivity contribution is 0.0765. The molecule has 1 aromatic carbocycles. The molecule has 0 amide bonds. The van der Waals surface area contributed by atoms with Gasteiger partial charge in [0.2, 0.25) is 0 Å². The molecule has 0 saturated carbocycles. The summed E-state index contributed by atoms with van der Waals surface area (Å²) < 4.78 is 0.891. The summed E-state index contributed by atoms with van der Waals surface area (Å²) in [6.07, 6.45) is 6.13. The van der Waals surface area contributed by atoms with Crippen molar-refractivity contribution in [3.63, 3.8) is 0 Å². The number of hydrogen-bond acceptors (Lipinski definition) is 5. The molecule has 0 spiro atoms. The molecule has 0 aliphatic carbocycles. The monoisotopic (exact) mass is 461 g/mol. The summed E-state index contributed by atoms with van der Waals surface area (Å²) in [7, 11) is 0. The minimum absolute atomic E-state index is 0.495. The lowest BCUT2D eigenvalue weighted by atomic mass is 9.84. The van der Waals surface area contributed by atoms with Gasteiger partial charge in [-0.05, 0) is 84.1 Å². The average molecular weight is 462 g/mol. The van der Waals surface area contributed by atoms with Gasteiger partial charge in [0.15, 0.2) is 0 Å². The zero-order valence-electron chi connectivity index (χ0n) is 17.0. The predicted octanol–water partition coefficient (Wildman–Crippen LogP) is 4.72. The van der Waals surface area contributed by atoms with Crippen molar-refractivity contribution in [2.45, 2.75) is 37.8 Å². The highest BCUT2D eigenvalue weighted by Gasteiger charge is 2.37. The van der Waals surface area contributed by atoms with Crippen molar-refractivity contribution in [2.24, 2.45) is 0 Å². The molecule has 0 N–H and O–H groups in total. The molecule has 5 rings (SSSR count). The highest BCUT2D eigenvalue weighted by atomic mass is 79.9. The molecule has 0 radical (unpaired) electrons. The van der Waals surface area contributed by atoms with Gasteiger partial charge < -0.3 is 4.90 Å². The normalized spacial score (nSPS) is 24.4. The van der Waals surface area contributed by atoms with Gasteiger partial charge in [0.25, 0.3) is 0 Å². The fourth-order valence-electron chi connectivity index (χ4n) is 5.23. The number of hydrogen-bond donors (Lipinski definition) is 0. The lowest BCUT2D eigenvalue weighted by Crippen LogP contribution is -2.60. The van der Waals surface area contributed by atoms with Crippen LogP contribution < -0.4 is 4.90 Å². The minimum atomic E-state index is 0.495. The van der Waals surface area contributed by atoms with Gasteiger partial charge in [-0.3, -0.25) is 9.88 Å². The number of piperidine rings is 1. The highest BCUT2D eigenvalue weighted by Crippen LogP contribution is 2.37. The fourth-order valence-corrected chi connectivity index (χ4v) is 5.47. The Morgan fingerprint density at radius 1 is 1.13 bits per heavy atom. The van der Waals surface area contributed by atoms with E-state index in [4.69, 9.17) is 0 Å². The van der Waals surface area contributed by atoms with Crippen molar-refractivity contribution < 1.29 is 0 Å². The van der Waals surface area contributed by atoms with Crippen LogP contribution in [0.4, 0.5) is 5.69 Å². The predicted molar refractivity (Wildman–Crippen MR) is 123 cm³/mol. The van der Waals surface area contributed by atoms with Crippen LogP contribution in [0, 0.1) is 11.3 Å². The first-order valence-corrected chi connectivity index (χ1v) is 11.3. The number of halogens is 1. The highest BCUT2D eigenvalue weighted by molar-refractivity contribution is 9.10. The summed E-state index contributed by atoms with van der Waals surface area (Å²) in [5.41, 5.74) is 3.98. The second kappa shape index (κ2) is 7.98. The van der Waals surface area contributed by atoms with Crippen LogP contribution in [-0.2, 0) is 0 Å². The maximum Gasteiger partial charge on any atom is 0.106 e. The van der Waals surface area contributed by atoms with E-state index in [9.17, 15) is 5.26 Å². The van der Waals surface area contributed by atoms with E-state index in [1.807, 2.05) is 24.4 Å². The third kappa shape index (κ3) is 3.46. The Hall–Kier alpha value is -2.49. The molecular formula is C24H24BrN5. The number of pyridine rings is 2. The van der Waals surface area contributed by atoms with Crippen LogP contribution in [0.15, 0.2) is 53.4 Å². The molecule has 30 heavy (non-hydrogen) atoms. The first-order valence-electron chi connectivity index (χ1n) is 10.5. The number of aromatic nitrogens is 2. The smallest absolute Gasteiger partial charge is 0.106 e. The zero-order valence-corrected chi connectivity index (χ0v) is 18.6. The molecule has 6 heteroatoms. The largest absolute Gasteiger partial charge is 0.368 e. The topological polar surface area (TPSA) is 56.1 Å². The first kappa shape index (κ1) is 19.5. The third-order valence-corrected chi connectivity index (χ3v) is 7.14. The molecule has 2 aliphatic rings. The number of nitrogens with zero attached hydrogens (tertiary/aromatic N) is 5. The molecule has 152 valence electrons. The summed E-state index contributed by atoms with van der Waals surface area (Å²) in [6.45, 7) is 5.47. The van der Waals surface area contributed by atoms with Gasteiger partial charge in [0.05, 0.1) is 11.1 Å². The molecule has 0 unspecified atom stereocenters. The Morgan fingerprint density at radius 3 is 2.83 bits per heavy atom. The number of fused-ring (bicyclic) bond motifs is 2. The molecule has 0 bridgehead atoms.